The normalized spacial score (nSPS) is 16.4. The molecule has 9 heteroatoms. The molecular weight excluding hydrogens is 403 g/mol. The molecule has 0 spiro atoms. The number of H-pyrrole nitrogens is 1. The summed E-state index contributed by atoms with van der Waals surface area (Å²) in [4.78, 5) is 23.1. The van der Waals surface area contributed by atoms with Gasteiger partial charge in [-0.3, -0.25) is 19.4 Å². The molecule has 2 aromatic rings. The number of rotatable bonds is 9. The highest BCUT2D eigenvalue weighted by Crippen LogP contribution is 2.25. The number of nitrogens with one attached hydrogen (secondary N) is 1. The first-order valence-electron chi connectivity index (χ1n) is 10.1. The van der Waals surface area contributed by atoms with Crippen molar-refractivity contribution >= 4 is 11.7 Å². The number of aromatic amines is 1. The molecule has 31 heavy (non-hydrogen) atoms. The maximum atomic E-state index is 13.8. The zero-order valence-corrected chi connectivity index (χ0v) is 17.2. The van der Waals surface area contributed by atoms with Crippen molar-refractivity contribution in [3.05, 3.63) is 75.2 Å². The summed E-state index contributed by atoms with van der Waals surface area (Å²) in [6.07, 6.45) is 5.29. The van der Waals surface area contributed by atoms with Gasteiger partial charge in [0.05, 0.1) is 5.69 Å². The van der Waals surface area contributed by atoms with Crippen molar-refractivity contribution in [2.75, 3.05) is 0 Å². The van der Waals surface area contributed by atoms with Crippen LogP contribution < -0.4 is 5.56 Å². The standard InChI is InChI=1S/C22H25FN4O4/c1-14-20(22(31)27(26-14)13-5-10-19(28)29)25-24-18-9-4-7-16(21(18)30)12-11-15-6-2-3-8-17(15)23/h2-4,6-8,18,26,30H,5,9-13H2,1H3,(H,28,29). The molecule has 0 amide bonds. The lowest BCUT2D eigenvalue weighted by atomic mass is 9.95. The van der Waals surface area contributed by atoms with Gasteiger partial charge < -0.3 is 10.2 Å². The number of hydrogen-bond donors (Lipinski definition) is 3. The van der Waals surface area contributed by atoms with Crippen molar-refractivity contribution in [3.63, 3.8) is 0 Å². The molecule has 8 nitrogen and oxygen atoms in total. The number of carbonyl (C=O) groups is 1. The maximum absolute atomic E-state index is 13.8. The third kappa shape index (κ3) is 5.56. The van der Waals surface area contributed by atoms with Gasteiger partial charge >= 0.3 is 5.97 Å². The molecule has 0 aliphatic heterocycles. The third-order valence-electron chi connectivity index (χ3n) is 5.12. The van der Waals surface area contributed by atoms with Crippen LogP contribution in [0, 0.1) is 12.7 Å². The Labute approximate surface area is 178 Å². The molecule has 1 atom stereocenters. The number of aromatic nitrogens is 2. The van der Waals surface area contributed by atoms with E-state index in [0.29, 0.717) is 42.5 Å². The molecule has 0 fully saturated rings. The minimum absolute atomic E-state index is 0.0376. The van der Waals surface area contributed by atoms with Gasteiger partial charge in [0.2, 0.25) is 0 Å². The van der Waals surface area contributed by atoms with Gasteiger partial charge in [-0.25, -0.2) is 4.39 Å². The lowest BCUT2D eigenvalue weighted by molar-refractivity contribution is -0.137. The van der Waals surface area contributed by atoms with Gasteiger partial charge in [0.1, 0.15) is 17.6 Å². The summed E-state index contributed by atoms with van der Waals surface area (Å²) >= 11 is 0. The summed E-state index contributed by atoms with van der Waals surface area (Å²) in [5.74, 6) is -1.13. The maximum Gasteiger partial charge on any atom is 0.303 e. The molecule has 0 radical (unpaired) electrons. The molecule has 1 aliphatic carbocycles. The van der Waals surface area contributed by atoms with E-state index >= 15 is 0 Å². The lowest BCUT2D eigenvalue weighted by Gasteiger charge is -2.17. The van der Waals surface area contributed by atoms with Crippen LogP contribution in [0.25, 0.3) is 0 Å². The van der Waals surface area contributed by atoms with E-state index in [-0.39, 0.29) is 35.8 Å². The van der Waals surface area contributed by atoms with Crippen molar-refractivity contribution in [3.8, 4) is 0 Å². The number of aliphatic hydroxyl groups excluding tert-OH is 1. The molecule has 0 bridgehead atoms. The van der Waals surface area contributed by atoms with Crippen molar-refractivity contribution in [2.24, 2.45) is 10.2 Å². The predicted molar refractivity (Wildman–Crippen MR) is 113 cm³/mol. The van der Waals surface area contributed by atoms with Crippen LogP contribution in [0.2, 0.25) is 0 Å². The fourth-order valence-corrected chi connectivity index (χ4v) is 3.42. The first-order chi connectivity index (χ1) is 14.9. The number of aliphatic carboxylic acids is 1. The van der Waals surface area contributed by atoms with Crippen LogP contribution in [0.1, 0.15) is 36.9 Å². The van der Waals surface area contributed by atoms with E-state index in [1.54, 1.807) is 31.2 Å². The first-order valence-corrected chi connectivity index (χ1v) is 10.1. The number of allylic oxidation sites excluding steroid dienone is 2. The molecule has 3 N–H and O–H groups in total. The fraction of sp³-hybridized carbons (Fsp3) is 0.364. The minimum Gasteiger partial charge on any atom is -0.510 e. The van der Waals surface area contributed by atoms with E-state index in [1.807, 2.05) is 6.08 Å². The van der Waals surface area contributed by atoms with Crippen molar-refractivity contribution in [2.45, 2.75) is 51.6 Å². The predicted octanol–water partition coefficient (Wildman–Crippen LogP) is 4.35. The summed E-state index contributed by atoms with van der Waals surface area (Å²) in [7, 11) is 0. The Hall–Kier alpha value is -3.49. The summed E-state index contributed by atoms with van der Waals surface area (Å²) in [6, 6.07) is 5.91. The van der Waals surface area contributed by atoms with Crippen LogP contribution in [-0.2, 0) is 17.8 Å². The monoisotopic (exact) mass is 428 g/mol. The Morgan fingerprint density at radius 2 is 2.10 bits per heavy atom. The van der Waals surface area contributed by atoms with Crippen LogP contribution in [0.15, 0.2) is 62.8 Å². The summed E-state index contributed by atoms with van der Waals surface area (Å²) in [5.41, 5.74) is 1.49. The number of benzene rings is 1. The Morgan fingerprint density at radius 3 is 2.84 bits per heavy atom. The van der Waals surface area contributed by atoms with E-state index in [9.17, 15) is 19.1 Å². The van der Waals surface area contributed by atoms with Gasteiger partial charge in [-0.15, -0.1) is 5.11 Å². The number of aryl methyl sites for hydroxylation is 3. The number of carboxylic acids is 1. The van der Waals surface area contributed by atoms with Crippen LogP contribution in [0.5, 0.6) is 0 Å². The van der Waals surface area contributed by atoms with Crippen molar-refractivity contribution in [1.29, 1.82) is 0 Å². The first kappa shape index (κ1) is 22.2. The Kier molecular flexibility index (Phi) is 7.17. The largest absolute Gasteiger partial charge is 0.510 e. The van der Waals surface area contributed by atoms with Crippen LogP contribution >= 0.6 is 0 Å². The van der Waals surface area contributed by atoms with Gasteiger partial charge in [0.15, 0.2) is 5.69 Å². The van der Waals surface area contributed by atoms with Gasteiger partial charge in [0, 0.05) is 13.0 Å². The SMILES string of the molecule is Cc1[nH]n(CCCC(=O)O)c(=O)c1N=NC1CC=CC(CCc2ccccc2F)=C1O. The van der Waals surface area contributed by atoms with Crippen molar-refractivity contribution in [1.82, 2.24) is 9.78 Å². The van der Waals surface area contributed by atoms with E-state index in [2.05, 4.69) is 15.3 Å². The number of carboxylic acid groups (broad SMARTS) is 1. The average Bonchev–Trinajstić information content (AvgIpc) is 3.00. The third-order valence-corrected chi connectivity index (χ3v) is 5.12. The quantitative estimate of drug-likeness (QED) is 0.514. The highest BCUT2D eigenvalue weighted by atomic mass is 19.1. The molecule has 164 valence electrons. The second-order valence-corrected chi connectivity index (χ2v) is 7.41. The molecule has 3 rings (SSSR count). The van der Waals surface area contributed by atoms with Gasteiger partial charge in [-0.2, -0.15) is 5.11 Å². The van der Waals surface area contributed by atoms with Crippen LogP contribution in [0.4, 0.5) is 10.1 Å². The highest BCUT2D eigenvalue weighted by Gasteiger charge is 2.20. The van der Waals surface area contributed by atoms with Crippen molar-refractivity contribution < 1.29 is 19.4 Å². The molecule has 1 aromatic heterocycles. The van der Waals surface area contributed by atoms with E-state index < -0.39 is 12.0 Å². The number of hydrogen-bond acceptors (Lipinski definition) is 5. The molecular formula is C22H25FN4O4. The lowest BCUT2D eigenvalue weighted by Crippen LogP contribution is -2.17. The molecule has 0 saturated heterocycles. The summed E-state index contributed by atoms with van der Waals surface area (Å²) < 4.78 is 15.1. The second-order valence-electron chi connectivity index (χ2n) is 7.41. The smallest absolute Gasteiger partial charge is 0.303 e. The number of nitrogens with zero attached hydrogens (tertiary/aromatic N) is 3. The molecule has 1 aliphatic rings. The van der Waals surface area contributed by atoms with Gasteiger partial charge in [0.25, 0.3) is 5.56 Å². The number of azo groups is 1. The van der Waals surface area contributed by atoms with Crippen LogP contribution in [-0.4, -0.2) is 32.0 Å². The highest BCUT2D eigenvalue weighted by molar-refractivity contribution is 5.66. The number of halogens is 1. The topological polar surface area (TPSA) is 120 Å². The zero-order chi connectivity index (χ0) is 22.4. The summed E-state index contributed by atoms with van der Waals surface area (Å²) in [6.45, 7) is 1.92. The second kappa shape index (κ2) is 10.0. The molecule has 0 saturated carbocycles. The summed E-state index contributed by atoms with van der Waals surface area (Å²) in [5, 5.41) is 30.4. The van der Waals surface area contributed by atoms with E-state index in [4.69, 9.17) is 5.11 Å². The average molecular weight is 428 g/mol. The van der Waals surface area contributed by atoms with E-state index in [0.717, 1.165) is 0 Å². The van der Waals surface area contributed by atoms with E-state index in [1.165, 1.54) is 10.7 Å². The Balaban J connectivity index is 1.70. The van der Waals surface area contributed by atoms with Gasteiger partial charge in [-0.05, 0) is 49.8 Å². The Morgan fingerprint density at radius 1 is 1.32 bits per heavy atom. The molecule has 1 unspecified atom stereocenters. The fourth-order valence-electron chi connectivity index (χ4n) is 3.42. The number of aliphatic hydroxyl groups is 1. The zero-order valence-electron chi connectivity index (χ0n) is 17.2. The molecule has 1 aromatic carbocycles. The minimum atomic E-state index is -0.922. The molecule has 1 heterocycles. The van der Waals surface area contributed by atoms with Crippen LogP contribution in [0.3, 0.4) is 0 Å². The Bertz CT molecular complexity index is 1100. The van der Waals surface area contributed by atoms with Gasteiger partial charge in [-0.1, -0.05) is 30.4 Å².